The number of nitrogens with zero attached hydrogens (tertiary/aromatic N) is 3. The Bertz CT molecular complexity index is 1080. The Balaban J connectivity index is 1.77. The fraction of sp³-hybridized carbons (Fsp3) is 0.0556. The van der Waals surface area contributed by atoms with Gasteiger partial charge in [0.25, 0.3) is 5.69 Å². The number of carbonyl (C=O) groups is 2. The number of non-ortho nitro benzene ring substituents is 1. The maximum absolute atomic E-state index is 12.2. The first kappa shape index (κ1) is 19.8. The molecule has 0 saturated heterocycles. The highest BCUT2D eigenvalue weighted by molar-refractivity contribution is 6.30. The smallest absolute Gasteiger partial charge is 0.356 e. The second kappa shape index (κ2) is 8.40. The number of anilines is 1. The molecule has 10 nitrogen and oxygen atoms in total. The average Bonchev–Trinajstić information content (AvgIpc) is 3.12. The SMILES string of the molecule is O=C(Cn1ccc(C(=O)O)n1)Nc1cc(Oc2ccc(Cl)cc2)cc([N+](=O)[O-])c1. The van der Waals surface area contributed by atoms with Crippen LogP contribution < -0.4 is 10.1 Å². The molecule has 148 valence electrons. The number of nitrogens with one attached hydrogen (secondary N) is 1. The number of carboxylic acids is 1. The number of benzene rings is 2. The van der Waals surface area contributed by atoms with Gasteiger partial charge in [-0.1, -0.05) is 11.6 Å². The van der Waals surface area contributed by atoms with Crippen molar-refractivity contribution in [1.82, 2.24) is 9.78 Å². The van der Waals surface area contributed by atoms with Gasteiger partial charge in [-0.25, -0.2) is 4.79 Å². The number of carbonyl (C=O) groups excluding carboxylic acids is 1. The molecule has 0 aliphatic rings. The third-order valence-corrected chi connectivity index (χ3v) is 3.85. The van der Waals surface area contributed by atoms with Crippen molar-refractivity contribution >= 4 is 34.9 Å². The zero-order valence-corrected chi connectivity index (χ0v) is 15.4. The number of hydrogen-bond donors (Lipinski definition) is 2. The average molecular weight is 417 g/mol. The first-order valence-electron chi connectivity index (χ1n) is 8.09. The Morgan fingerprint density at radius 2 is 1.90 bits per heavy atom. The van der Waals surface area contributed by atoms with Crippen molar-refractivity contribution in [2.24, 2.45) is 0 Å². The van der Waals surface area contributed by atoms with Gasteiger partial charge in [-0.2, -0.15) is 5.10 Å². The van der Waals surface area contributed by atoms with Gasteiger partial charge in [0.15, 0.2) is 5.69 Å². The summed E-state index contributed by atoms with van der Waals surface area (Å²) >= 11 is 5.82. The molecule has 0 radical (unpaired) electrons. The normalized spacial score (nSPS) is 10.4. The van der Waals surface area contributed by atoms with E-state index < -0.39 is 16.8 Å². The molecular weight excluding hydrogens is 404 g/mol. The lowest BCUT2D eigenvalue weighted by molar-refractivity contribution is -0.384. The summed E-state index contributed by atoms with van der Waals surface area (Å²) in [6.07, 6.45) is 1.34. The van der Waals surface area contributed by atoms with E-state index in [1.54, 1.807) is 24.3 Å². The monoisotopic (exact) mass is 416 g/mol. The number of hydrogen-bond acceptors (Lipinski definition) is 6. The lowest BCUT2D eigenvalue weighted by Gasteiger charge is -2.10. The van der Waals surface area contributed by atoms with Crippen LogP contribution in [0.3, 0.4) is 0 Å². The van der Waals surface area contributed by atoms with E-state index >= 15 is 0 Å². The fourth-order valence-electron chi connectivity index (χ4n) is 2.37. The van der Waals surface area contributed by atoms with Gasteiger partial charge in [0.2, 0.25) is 5.91 Å². The summed E-state index contributed by atoms with van der Waals surface area (Å²) in [4.78, 5) is 33.6. The van der Waals surface area contributed by atoms with Crippen molar-refractivity contribution in [3.05, 3.63) is 75.6 Å². The fourth-order valence-corrected chi connectivity index (χ4v) is 2.50. The van der Waals surface area contributed by atoms with E-state index in [4.69, 9.17) is 21.4 Å². The molecule has 0 aliphatic carbocycles. The molecule has 3 aromatic rings. The van der Waals surface area contributed by atoms with Gasteiger partial charge in [-0.3, -0.25) is 19.6 Å². The lowest BCUT2D eigenvalue weighted by Crippen LogP contribution is -2.19. The molecule has 29 heavy (non-hydrogen) atoms. The quantitative estimate of drug-likeness (QED) is 0.443. The van der Waals surface area contributed by atoms with Crippen molar-refractivity contribution in [2.75, 3.05) is 5.32 Å². The van der Waals surface area contributed by atoms with E-state index in [-0.39, 0.29) is 29.4 Å². The molecule has 1 aromatic heterocycles. The summed E-state index contributed by atoms with van der Waals surface area (Å²) in [6, 6.07) is 11.5. The van der Waals surface area contributed by atoms with Crippen LogP contribution in [0, 0.1) is 10.1 Å². The van der Waals surface area contributed by atoms with Crippen molar-refractivity contribution in [2.45, 2.75) is 6.54 Å². The molecule has 0 unspecified atom stereocenters. The molecule has 0 spiro atoms. The van der Waals surface area contributed by atoms with Gasteiger partial charge in [0, 0.05) is 23.4 Å². The topological polar surface area (TPSA) is 137 Å². The van der Waals surface area contributed by atoms with Gasteiger partial charge >= 0.3 is 5.97 Å². The van der Waals surface area contributed by atoms with Crippen molar-refractivity contribution < 1.29 is 24.4 Å². The van der Waals surface area contributed by atoms with Crippen LogP contribution in [0.5, 0.6) is 11.5 Å². The third kappa shape index (κ3) is 5.30. The number of ether oxygens (including phenoxy) is 1. The molecule has 0 bridgehead atoms. The Morgan fingerprint density at radius 3 is 2.52 bits per heavy atom. The van der Waals surface area contributed by atoms with E-state index in [0.29, 0.717) is 10.8 Å². The van der Waals surface area contributed by atoms with Crippen LogP contribution in [0.15, 0.2) is 54.7 Å². The molecule has 1 amide bonds. The van der Waals surface area contributed by atoms with Crippen molar-refractivity contribution in [3.63, 3.8) is 0 Å². The van der Waals surface area contributed by atoms with Gasteiger partial charge in [-0.05, 0) is 30.3 Å². The zero-order chi connectivity index (χ0) is 21.0. The minimum absolute atomic E-state index is 0.138. The molecular formula is C18H13ClN4O6. The molecule has 11 heteroatoms. The summed E-state index contributed by atoms with van der Waals surface area (Å²) in [5.41, 5.74) is -0.343. The van der Waals surface area contributed by atoms with E-state index in [0.717, 1.165) is 4.68 Å². The summed E-state index contributed by atoms with van der Waals surface area (Å²) in [6.45, 7) is -0.274. The molecule has 2 N–H and O–H groups in total. The first-order chi connectivity index (χ1) is 13.8. The minimum Gasteiger partial charge on any atom is -0.476 e. The van der Waals surface area contributed by atoms with Gasteiger partial charge in [-0.15, -0.1) is 0 Å². The molecule has 1 heterocycles. The Morgan fingerprint density at radius 1 is 1.17 bits per heavy atom. The summed E-state index contributed by atoms with van der Waals surface area (Å²) < 4.78 is 6.74. The largest absolute Gasteiger partial charge is 0.476 e. The number of aromatic nitrogens is 2. The summed E-state index contributed by atoms with van der Waals surface area (Å²) in [5.74, 6) is -1.22. The lowest BCUT2D eigenvalue weighted by atomic mass is 10.2. The van der Waals surface area contributed by atoms with Crippen LogP contribution in [-0.2, 0) is 11.3 Å². The van der Waals surface area contributed by atoms with Crippen LogP contribution in [0.4, 0.5) is 11.4 Å². The highest BCUT2D eigenvalue weighted by Gasteiger charge is 2.14. The highest BCUT2D eigenvalue weighted by Crippen LogP contribution is 2.30. The van der Waals surface area contributed by atoms with Gasteiger partial charge in [0.1, 0.15) is 18.0 Å². The third-order valence-electron chi connectivity index (χ3n) is 3.60. The van der Waals surface area contributed by atoms with Crippen LogP contribution in [0.1, 0.15) is 10.5 Å². The van der Waals surface area contributed by atoms with Gasteiger partial charge in [0.05, 0.1) is 16.7 Å². The van der Waals surface area contributed by atoms with Crippen LogP contribution in [0.25, 0.3) is 0 Å². The molecule has 0 aliphatic heterocycles. The highest BCUT2D eigenvalue weighted by atomic mass is 35.5. The number of nitro groups is 1. The van der Waals surface area contributed by atoms with Crippen LogP contribution >= 0.6 is 11.6 Å². The zero-order valence-electron chi connectivity index (χ0n) is 14.6. The number of aromatic carboxylic acids is 1. The van der Waals surface area contributed by atoms with Crippen LogP contribution in [0.2, 0.25) is 5.02 Å². The maximum Gasteiger partial charge on any atom is 0.356 e. The summed E-state index contributed by atoms with van der Waals surface area (Å²) in [5, 5.41) is 26.8. The van der Waals surface area contributed by atoms with E-state index in [1.807, 2.05) is 0 Å². The predicted octanol–water partition coefficient (Wildman–Crippen LogP) is 3.57. The molecule has 2 aromatic carbocycles. The van der Waals surface area contributed by atoms with E-state index in [9.17, 15) is 19.7 Å². The second-order valence-corrected chi connectivity index (χ2v) is 6.22. The summed E-state index contributed by atoms with van der Waals surface area (Å²) in [7, 11) is 0. The maximum atomic E-state index is 12.2. The standard InChI is InChI=1S/C18H13ClN4O6/c19-11-1-3-14(4-2-11)29-15-8-12(7-13(9-15)23(27)28)20-17(24)10-22-6-5-16(21-22)18(25)26/h1-9H,10H2,(H,20,24)(H,25,26). The molecule has 0 atom stereocenters. The molecule has 3 rings (SSSR count). The molecule has 0 fully saturated rings. The van der Waals surface area contributed by atoms with E-state index in [2.05, 4.69) is 10.4 Å². The van der Waals surface area contributed by atoms with Crippen LogP contribution in [-0.4, -0.2) is 31.7 Å². The Labute approximate surface area is 168 Å². The number of nitro benzene ring substituents is 1. The van der Waals surface area contributed by atoms with Crippen molar-refractivity contribution in [1.29, 1.82) is 0 Å². The predicted molar refractivity (Wildman–Crippen MR) is 102 cm³/mol. The second-order valence-electron chi connectivity index (χ2n) is 5.78. The number of halogens is 1. The first-order valence-corrected chi connectivity index (χ1v) is 8.47. The van der Waals surface area contributed by atoms with Crippen molar-refractivity contribution in [3.8, 4) is 11.5 Å². The number of amides is 1. The number of carboxylic acid groups (broad SMARTS) is 1. The van der Waals surface area contributed by atoms with E-state index in [1.165, 1.54) is 30.5 Å². The Hall–Kier alpha value is -3.92. The van der Waals surface area contributed by atoms with Gasteiger partial charge < -0.3 is 15.2 Å². The minimum atomic E-state index is -1.22. The molecule has 0 saturated carbocycles. The Kier molecular flexibility index (Phi) is 5.74. The number of rotatable bonds is 7.